The summed E-state index contributed by atoms with van der Waals surface area (Å²) in [5.74, 6) is 0. The van der Waals surface area contributed by atoms with Crippen LogP contribution in [-0.2, 0) is 4.74 Å². The van der Waals surface area contributed by atoms with E-state index in [1.807, 2.05) is 6.07 Å². The number of hydrogen-bond acceptors (Lipinski definition) is 3. The second-order valence-corrected chi connectivity index (χ2v) is 3.03. The third-order valence-electron chi connectivity index (χ3n) is 1.58. The van der Waals surface area contributed by atoms with Crippen molar-refractivity contribution in [3.05, 3.63) is 0 Å². The molecule has 15 heavy (non-hydrogen) atoms. The van der Waals surface area contributed by atoms with Crippen LogP contribution in [0.4, 0.5) is 13.2 Å². The van der Waals surface area contributed by atoms with E-state index in [0.717, 1.165) is 12.8 Å². The normalized spacial score (nSPS) is 11.3. The first kappa shape index (κ1) is 14.2. The Kier molecular flexibility index (Phi) is 8.05. The zero-order chi connectivity index (χ0) is 11.6. The quantitative estimate of drug-likeness (QED) is 0.640. The predicted octanol–water partition coefficient (Wildman–Crippen LogP) is 1.85. The molecule has 0 rings (SSSR count). The van der Waals surface area contributed by atoms with Gasteiger partial charge in [-0.3, -0.25) is 0 Å². The van der Waals surface area contributed by atoms with Gasteiger partial charge in [0.25, 0.3) is 0 Å². The highest BCUT2D eigenvalue weighted by Crippen LogP contribution is 2.13. The second-order valence-electron chi connectivity index (χ2n) is 3.03. The molecule has 0 aliphatic heterocycles. The largest absolute Gasteiger partial charge is 0.411 e. The third kappa shape index (κ3) is 13.2. The highest BCUT2D eigenvalue weighted by atomic mass is 19.4. The Balaban J connectivity index is 3.03. The van der Waals surface area contributed by atoms with Gasteiger partial charge in [-0.05, 0) is 19.4 Å². The molecule has 88 valence electrons. The maximum atomic E-state index is 11.6. The van der Waals surface area contributed by atoms with Crippen LogP contribution in [0.5, 0.6) is 0 Å². The highest BCUT2D eigenvalue weighted by Gasteiger charge is 2.26. The van der Waals surface area contributed by atoms with E-state index in [0.29, 0.717) is 19.5 Å². The van der Waals surface area contributed by atoms with Crippen molar-refractivity contribution in [2.45, 2.75) is 25.4 Å². The highest BCUT2D eigenvalue weighted by molar-refractivity contribution is 4.68. The molecule has 0 atom stereocenters. The molecule has 0 aliphatic carbocycles. The molecular formula is C9H15F3N2O. The van der Waals surface area contributed by atoms with Crippen LogP contribution in [0.15, 0.2) is 0 Å². The number of halogens is 3. The topological polar surface area (TPSA) is 45.0 Å². The first-order valence-corrected chi connectivity index (χ1v) is 4.78. The Morgan fingerprint density at radius 3 is 2.53 bits per heavy atom. The van der Waals surface area contributed by atoms with Gasteiger partial charge in [-0.15, -0.1) is 0 Å². The van der Waals surface area contributed by atoms with E-state index in [2.05, 4.69) is 10.1 Å². The number of rotatable bonds is 8. The van der Waals surface area contributed by atoms with E-state index in [4.69, 9.17) is 5.26 Å². The summed E-state index contributed by atoms with van der Waals surface area (Å²) in [5.41, 5.74) is 0. The lowest BCUT2D eigenvalue weighted by molar-refractivity contribution is -0.173. The lowest BCUT2D eigenvalue weighted by Crippen LogP contribution is -2.24. The van der Waals surface area contributed by atoms with Gasteiger partial charge in [0.15, 0.2) is 0 Å². The lowest BCUT2D eigenvalue weighted by atomic mass is 10.2. The van der Waals surface area contributed by atoms with E-state index in [-0.39, 0.29) is 6.61 Å². The molecular weight excluding hydrogens is 209 g/mol. The standard InChI is InChI=1S/C9H15F3N2O/c10-9(11,12)8-15-7-6-14-5-3-1-2-4-13/h14H,1-3,5-8H2. The Hall–Kier alpha value is -0.800. The molecule has 6 heteroatoms. The van der Waals surface area contributed by atoms with Gasteiger partial charge in [0.2, 0.25) is 0 Å². The summed E-state index contributed by atoms with van der Waals surface area (Å²) in [4.78, 5) is 0. The van der Waals surface area contributed by atoms with Crippen LogP contribution in [0, 0.1) is 11.3 Å². The molecule has 0 fully saturated rings. The van der Waals surface area contributed by atoms with Gasteiger partial charge < -0.3 is 10.1 Å². The van der Waals surface area contributed by atoms with Gasteiger partial charge in [-0.2, -0.15) is 18.4 Å². The number of nitriles is 1. The minimum atomic E-state index is -4.24. The van der Waals surface area contributed by atoms with E-state index < -0.39 is 12.8 Å². The minimum Gasteiger partial charge on any atom is -0.371 e. The van der Waals surface area contributed by atoms with Crippen molar-refractivity contribution in [1.29, 1.82) is 5.26 Å². The van der Waals surface area contributed by atoms with Crippen molar-refractivity contribution in [2.75, 3.05) is 26.3 Å². The third-order valence-corrected chi connectivity index (χ3v) is 1.58. The summed E-state index contributed by atoms with van der Waals surface area (Å²) >= 11 is 0. The molecule has 0 heterocycles. The van der Waals surface area contributed by atoms with Crippen molar-refractivity contribution in [2.24, 2.45) is 0 Å². The van der Waals surface area contributed by atoms with Crippen LogP contribution in [0.25, 0.3) is 0 Å². The van der Waals surface area contributed by atoms with Gasteiger partial charge in [0, 0.05) is 13.0 Å². The van der Waals surface area contributed by atoms with Crippen molar-refractivity contribution < 1.29 is 17.9 Å². The fourth-order valence-corrected chi connectivity index (χ4v) is 0.911. The smallest absolute Gasteiger partial charge is 0.371 e. The summed E-state index contributed by atoms with van der Waals surface area (Å²) in [6.45, 7) is -0.0272. The van der Waals surface area contributed by atoms with Crippen molar-refractivity contribution >= 4 is 0 Å². The Bertz CT molecular complexity index is 189. The maximum absolute atomic E-state index is 11.6. The molecule has 0 amide bonds. The zero-order valence-electron chi connectivity index (χ0n) is 8.44. The number of alkyl halides is 3. The summed E-state index contributed by atoms with van der Waals surface area (Å²) in [6, 6.07) is 2.02. The van der Waals surface area contributed by atoms with Gasteiger partial charge in [-0.25, -0.2) is 0 Å². The van der Waals surface area contributed by atoms with E-state index in [1.54, 1.807) is 0 Å². The molecule has 1 N–H and O–H groups in total. The van der Waals surface area contributed by atoms with E-state index >= 15 is 0 Å². The van der Waals surface area contributed by atoms with Crippen LogP contribution >= 0.6 is 0 Å². The molecule has 3 nitrogen and oxygen atoms in total. The van der Waals surface area contributed by atoms with Gasteiger partial charge in [0.1, 0.15) is 6.61 Å². The zero-order valence-corrected chi connectivity index (χ0v) is 8.44. The summed E-state index contributed by atoms with van der Waals surface area (Å²) in [7, 11) is 0. The molecule has 0 bridgehead atoms. The molecule has 0 aromatic heterocycles. The molecule has 0 radical (unpaired) electrons. The van der Waals surface area contributed by atoms with Crippen LogP contribution in [0.3, 0.4) is 0 Å². The van der Waals surface area contributed by atoms with Crippen LogP contribution < -0.4 is 5.32 Å². The first-order valence-electron chi connectivity index (χ1n) is 4.78. The van der Waals surface area contributed by atoms with Crippen LogP contribution in [-0.4, -0.2) is 32.5 Å². The van der Waals surface area contributed by atoms with E-state index in [9.17, 15) is 13.2 Å². The van der Waals surface area contributed by atoms with E-state index in [1.165, 1.54) is 0 Å². The minimum absolute atomic E-state index is 0.0533. The predicted molar refractivity (Wildman–Crippen MR) is 49.2 cm³/mol. The fraction of sp³-hybridized carbons (Fsp3) is 0.889. The average Bonchev–Trinajstić information content (AvgIpc) is 2.14. The van der Waals surface area contributed by atoms with Gasteiger partial charge in [0.05, 0.1) is 12.7 Å². The maximum Gasteiger partial charge on any atom is 0.411 e. The fourth-order valence-electron chi connectivity index (χ4n) is 0.911. The van der Waals surface area contributed by atoms with Crippen molar-refractivity contribution in [1.82, 2.24) is 5.32 Å². The Morgan fingerprint density at radius 1 is 1.20 bits per heavy atom. The SMILES string of the molecule is N#CCCCCNCCOCC(F)(F)F. The van der Waals surface area contributed by atoms with Crippen molar-refractivity contribution in [3.8, 4) is 6.07 Å². The van der Waals surface area contributed by atoms with Gasteiger partial charge in [-0.1, -0.05) is 0 Å². The summed E-state index contributed by atoms with van der Waals surface area (Å²) < 4.78 is 39.2. The molecule has 0 spiro atoms. The number of nitrogens with one attached hydrogen (secondary N) is 1. The Labute approximate surface area is 87.2 Å². The van der Waals surface area contributed by atoms with Gasteiger partial charge >= 0.3 is 6.18 Å². The van der Waals surface area contributed by atoms with Crippen molar-refractivity contribution in [3.63, 3.8) is 0 Å². The number of nitrogens with zero attached hydrogens (tertiary/aromatic N) is 1. The lowest BCUT2D eigenvalue weighted by Gasteiger charge is -2.07. The summed E-state index contributed by atoms with van der Waals surface area (Å²) in [5, 5.41) is 11.1. The molecule has 0 unspecified atom stereocenters. The second kappa shape index (κ2) is 8.50. The average molecular weight is 224 g/mol. The monoisotopic (exact) mass is 224 g/mol. The van der Waals surface area contributed by atoms with Crippen LogP contribution in [0.1, 0.15) is 19.3 Å². The molecule has 0 aromatic rings. The molecule has 0 aromatic carbocycles. The Morgan fingerprint density at radius 2 is 1.93 bits per heavy atom. The van der Waals surface area contributed by atoms with Crippen LogP contribution in [0.2, 0.25) is 0 Å². The molecule has 0 aliphatic rings. The first-order chi connectivity index (χ1) is 7.06. The number of hydrogen-bond donors (Lipinski definition) is 1. The number of unbranched alkanes of at least 4 members (excludes halogenated alkanes) is 2. The molecule has 0 saturated heterocycles. The molecule has 0 saturated carbocycles. The summed E-state index contributed by atoms with van der Waals surface area (Å²) in [6.07, 6.45) is -2.06. The number of ether oxygens (including phenoxy) is 1.